The summed E-state index contributed by atoms with van der Waals surface area (Å²) in [5.74, 6) is 1.51. The monoisotopic (exact) mass is 366 g/mol. The van der Waals surface area contributed by atoms with E-state index in [1.54, 1.807) is 0 Å². The first-order valence-corrected chi connectivity index (χ1v) is 8.74. The second-order valence-electron chi connectivity index (χ2n) is 6.33. The van der Waals surface area contributed by atoms with Gasteiger partial charge in [0.1, 0.15) is 0 Å². The molecule has 0 aromatic heterocycles. The Morgan fingerprint density at radius 2 is 2.18 bits per heavy atom. The molecule has 4 nitrogen and oxygen atoms in total. The Morgan fingerprint density at radius 1 is 1.41 bits per heavy atom. The van der Waals surface area contributed by atoms with Gasteiger partial charge in [0.25, 0.3) is 0 Å². The number of aliphatic imine (C=N–C) groups is 1. The van der Waals surface area contributed by atoms with Crippen molar-refractivity contribution in [2.24, 2.45) is 10.9 Å². The Balaban J connectivity index is 1.88. The topological polar surface area (TPSA) is 39.7 Å². The van der Waals surface area contributed by atoms with Crippen LogP contribution in [-0.4, -0.2) is 43.1 Å². The van der Waals surface area contributed by atoms with Gasteiger partial charge in [-0.3, -0.25) is 9.89 Å². The highest BCUT2D eigenvalue weighted by atomic mass is 79.9. The van der Waals surface area contributed by atoms with Crippen LogP contribution in [0.2, 0.25) is 0 Å². The van der Waals surface area contributed by atoms with Gasteiger partial charge in [-0.25, -0.2) is 0 Å². The van der Waals surface area contributed by atoms with Gasteiger partial charge in [-0.15, -0.1) is 0 Å². The van der Waals surface area contributed by atoms with Crippen molar-refractivity contribution in [2.45, 2.75) is 39.4 Å². The van der Waals surface area contributed by atoms with Gasteiger partial charge in [-0.2, -0.15) is 0 Å². The molecule has 1 fully saturated rings. The van der Waals surface area contributed by atoms with Gasteiger partial charge in [0.2, 0.25) is 0 Å². The molecule has 1 aliphatic rings. The summed E-state index contributed by atoms with van der Waals surface area (Å²) in [6.45, 7) is 9.83. The molecule has 0 saturated carbocycles. The Morgan fingerprint density at radius 3 is 2.77 bits per heavy atom. The summed E-state index contributed by atoms with van der Waals surface area (Å²) in [7, 11) is 1.83. The lowest BCUT2D eigenvalue weighted by molar-refractivity contribution is 0.265. The van der Waals surface area contributed by atoms with Gasteiger partial charge in [0, 0.05) is 43.2 Å². The SMILES string of the molecule is CN=C(NCc1cccc(Br)c1)NC1CN(C(C)C)CC1C. The molecule has 2 rings (SSSR count). The minimum Gasteiger partial charge on any atom is -0.352 e. The van der Waals surface area contributed by atoms with Crippen LogP contribution in [0.1, 0.15) is 26.3 Å². The number of guanidine groups is 1. The van der Waals surface area contributed by atoms with Crippen molar-refractivity contribution >= 4 is 21.9 Å². The summed E-state index contributed by atoms with van der Waals surface area (Å²) >= 11 is 3.51. The molecule has 2 unspecified atom stereocenters. The zero-order valence-electron chi connectivity index (χ0n) is 13.9. The lowest BCUT2D eigenvalue weighted by Crippen LogP contribution is -2.46. The number of nitrogens with one attached hydrogen (secondary N) is 2. The number of rotatable bonds is 4. The predicted octanol–water partition coefficient (Wildman–Crippen LogP) is 2.84. The van der Waals surface area contributed by atoms with Crippen molar-refractivity contribution in [2.75, 3.05) is 20.1 Å². The van der Waals surface area contributed by atoms with Crippen LogP contribution < -0.4 is 10.6 Å². The van der Waals surface area contributed by atoms with Crippen molar-refractivity contribution in [3.8, 4) is 0 Å². The minimum atomic E-state index is 0.455. The molecule has 0 bridgehead atoms. The summed E-state index contributed by atoms with van der Waals surface area (Å²) in [4.78, 5) is 6.88. The molecule has 1 heterocycles. The summed E-state index contributed by atoms with van der Waals surface area (Å²) in [6.07, 6.45) is 0. The van der Waals surface area contributed by atoms with Crippen molar-refractivity contribution in [3.05, 3.63) is 34.3 Å². The van der Waals surface area contributed by atoms with E-state index in [0.717, 1.165) is 30.1 Å². The second-order valence-corrected chi connectivity index (χ2v) is 7.25. The highest BCUT2D eigenvalue weighted by Gasteiger charge is 2.31. The Labute approximate surface area is 142 Å². The predicted molar refractivity (Wildman–Crippen MR) is 97.1 cm³/mol. The van der Waals surface area contributed by atoms with E-state index in [9.17, 15) is 0 Å². The zero-order valence-corrected chi connectivity index (χ0v) is 15.5. The van der Waals surface area contributed by atoms with Gasteiger partial charge in [0.05, 0.1) is 0 Å². The highest BCUT2D eigenvalue weighted by Crippen LogP contribution is 2.18. The van der Waals surface area contributed by atoms with Crippen LogP contribution >= 0.6 is 15.9 Å². The van der Waals surface area contributed by atoms with E-state index in [1.165, 1.54) is 5.56 Å². The molecule has 5 heteroatoms. The maximum atomic E-state index is 4.36. The Kier molecular flexibility index (Phi) is 6.26. The largest absolute Gasteiger partial charge is 0.352 e. The fourth-order valence-corrected chi connectivity index (χ4v) is 3.26. The fraction of sp³-hybridized carbons (Fsp3) is 0.588. The fourth-order valence-electron chi connectivity index (χ4n) is 2.82. The van der Waals surface area contributed by atoms with Crippen LogP contribution in [0.15, 0.2) is 33.7 Å². The van der Waals surface area contributed by atoms with E-state index in [-0.39, 0.29) is 0 Å². The number of benzene rings is 1. The quantitative estimate of drug-likeness (QED) is 0.635. The maximum Gasteiger partial charge on any atom is 0.191 e. The molecule has 2 atom stereocenters. The lowest BCUT2D eigenvalue weighted by atomic mass is 10.1. The molecule has 22 heavy (non-hydrogen) atoms. The molecule has 1 saturated heterocycles. The summed E-state index contributed by atoms with van der Waals surface area (Å²) in [5.41, 5.74) is 1.24. The third-order valence-corrected chi connectivity index (χ3v) is 4.76. The molecular formula is C17H27BrN4. The van der Waals surface area contributed by atoms with E-state index >= 15 is 0 Å². The lowest BCUT2D eigenvalue weighted by Gasteiger charge is -2.22. The first-order valence-electron chi connectivity index (χ1n) is 7.95. The van der Waals surface area contributed by atoms with Gasteiger partial charge >= 0.3 is 0 Å². The van der Waals surface area contributed by atoms with Gasteiger partial charge in [-0.1, -0.05) is 35.0 Å². The highest BCUT2D eigenvalue weighted by molar-refractivity contribution is 9.10. The summed E-state index contributed by atoms with van der Waals surface area (Å²) < 4.78 is 1.10. The first-order chi connectivity index (χ1) is 10.5. The van der Waals surface area contributed by atoms with Crippen LogP contribution in [-0.2, 0) is 6.54 Å². The van der Waals surface area contributed by atoms with Crippen LogP contribution in [0, 0.1) is 5.92 Å². The minimum absolute atomic E-state index is 0.455. The van der Waals surface area contributed by atoms with Crippen molar-refractivity contribution in [1.82, 2.24) is 15.5 Å². The molecule has 0 radical (unpaired) electrons. The van der Waals surface area contributed by atoms with E-state index in [1.807, 2.05) is 13.1 Å². The summed E-state index contributed by atoms with van der Waals surface area (Å²) in [6, 6.07) is 9.39. The van der Waals surface area contributed by atoms with Gasteiger partial charge in [0.15, 0.2) is 5.96 Å². The molecule has 1 aromatic carbocycles. The van der Waals surface area contributed by atoms with Crippen LogP contribution in [0.5, 0.6) is 0 Å². The third kappa shape index (κ3) is 4.71. The molecule has 0 amide bonds. The number of nitrogens with zero attached hydrogens (tertiary/aromatic N) is 2. The normalized spacial score (nSPS) is 23.1. The van der Waals surface area contributed by atoms with E-state index in [4.69, 9.17) is 0 Å². The van der Waals surface area contributed by atoms with Crippen LogP contribution in [0.3, 0.4) is 0 Å². The molecule has 0 spiro atoms. The Hall–Kier alpha value is -1.07. The van der Waals surface area contributed by atoms with Crippen molar-refractivity contribution in [1.29, 1.82) is 0 Å². The molecule has 1 aliphatic heterocycles. The molecule has 122 valence electrons. The standard InChI is InChI=1S/C17H27BrN4/c1-12(2)22-10-13(3)16(11-22)21-17(19-4)20-9-14-6-5-7-15(18)8-14/h5-8,12-13,16H,9-11H2,1-4H3,(H2,19,20,21). The van der Waals surface area contributed by atoms with E-state index in [2.05, 4.69) is 75.4 Å². The smallest absolute Gasteiger partial charge is 0.191 e. The average molecular weight is 367 g/mol. The molecular weight excluding hydrogens is 340 g/mol. The number of halogens is 1. The zero-order chi connectivity index (χ0) is 16.1. The van der Waals surface area contributed by atoms with E-state index < -0.39 is 0 Å². The molecule has 1 aromatic rings. The average Bonchev–Trinajstić information content (AvgIpc) is 2.85. The van der Waals surface area contributed by atoms with Crippen molar-refractivity contribution in [3.63, 3.8) is 0 Å². The number of hydrogen-bond donors (Lipinski definition) is 2. The number of hydrogen-bond acceptors (Lipinski definition) is 2. The molecule has 2 N–H and O–H groups in total. The van der Waals surface area contributed by atoms with Gasteiger partial charge in [-0.05, 0) is 37.5 Å². The maximum absolute atomic E-state index is 4.36. The number of likely N-dealkylation sites (tertiary alicyclic amines) is 1. The third-order valence-electron chi connectivity index (χ3n) is 4.27. The van der Waals surface area contributed by atoms with Gasteiger partial charge < -0.3 is 10.6 Å². The first kappa shape index (κ1) is 17.3. The molecule has 0 aliphatic carbocycles. The van der Waals surface area contributed by atoms with Crippen LogP contribution in [0.25, 0.3) is 0 Å². The van der Waals surface area contributed by atoms with Crippen molar-refractivity contribution < 1.29 is 0 Å². The summed E-state index contributed by atoms with van der Waals surface area (Å²) in [5, 5.41) is 6.97. The Bertz CT molecular complexity index is 515. The van der Waals surface area contributed by atoms with E-state index in [0.29, 0.717) is 18.0 Å². The second kappa shape index (κ2) is 7.97. The van der Waals surface area contributed by atoms with Crippen LogP contribution in [0.4, 0.5) is 0 Å².